The van der Waals surface area contributed by atoms with Gasteiger partial charge in [-0.25, -0.2) is 9.59 Å². The summed E-state index contributed by atoms with van der Waals surface area (Å²) in [7, 11) is 0. The third-order valence-electron chi connectivity index (χ3n) is 6.46. The number of hydrogen-bond acceptors (Lipinski definition) is 12. The van der Waals surface area contributed by atoms with Gasteiger partial charge in [0.15, 0.2) is 17.3 Å². The number of allylic oxidation sites excluding steroid dienone is 1. The highest BCUT2D eigenvalue weighted by atomic mass is 16.6. The molecule has 0 aromatic heterocycles. The van der Waals surface area contributed by atoms with E-state index in [1.165, 1.54) is 6.07 Å². The van der Waals surface area contributed by atoms with Crippen LogP contribution in [0.5, 0.6) is 11.5 Å². The lowest BCUT2D eigenvalue weighted by Crippen LogP contribution is -2.63. The lowest BCUT2D eigenvalue weighted by Gasteiger charge is -2.45. The van der Waals surface area contributed by atoms with Gasteiger partial charge in [0, 0.05) is 11.5 Å². The number of carboxylic acids is 1. The summed E-state index contributed by atoms with van der Waals surface area (Å²) in [5, 5.41) is 68.9. The summed E-state index contributed by atoms with van der Waals surface area (Å²) in [5.74, 6) is -5.17. The fraction of sp³-hybridized carbons (Fsp3) is 0.435. The third-order valence-corrected chi connectivity index (χ3v) is 6.46. The Labute approximate surface area is 203 Å². The average Bonchev–Trinajstić information content (AvgIpc) is 3.19. The van der Waals surface area contributed by atoms with Crippen LogP contribution in [0.15, 0.2) is 41.0 Å². The minimum Gasteiger partial charge on any atom is -0.504 e. The molecule has 2 heterocycles. The van der Waals surface area contributed by atoms with Gasteiger partial charge in [-0.05, 0) is 29.8 Å². The second kappa shape index (κ2) is 9.97. The van der Waals surface area contributed by atoms with Crippen LogP contribution in [-0.2, 0) is 23.8 Å². The topological polar surface area (TPSA) is 221 Å². The molecule has 1 saturated heterocycles. The van der Waals surface area contributed by atoms with Crippen LogP contribution < -0.4 is 0 Å². The van der Waals surface area contributed by atoms with Crippen LogP contribution in [0.2, 0.25) is 0 Å². The van der Waals surface area contributed by atoms with E-state index >= 15 is 0 Å². The minimum atomic E-state index is -1.73. The Morgan fingerprint density at radius 2 is 1.75 bits per heavy atom. The molecular weight excluding hydrogens is 484 g/mol. The number of ketones is 1. The Bertz CT molecular complexity index is 1140. The van der Waals surface area contributed by atoms with Crippen molar-refractivity contribution >= 4 is 17.7 Å². The van der Waals surface area contributed by atoms with Gasteiger partial charge in [0.25, 0.3) is 0 Å². The maximum absolute atomic E-state index is 12.8. The van der Waals surface area contributed by atoms with Gasteiger partial charge in [0.2, 0.25) is 0 Å². The van der Waals surface area contributed by atoms with Gasteiger partial charge in [-0.1, -0.05) is 0 Å². The highest BCUT2D eigenvalue weighted by Crippen LogP contribution is 2.42. The lowest BCUT2D eigenvalue weighted by atomic mass is 9.79. The fourth-order valence-corrected chi connectivity index (χ4v) is 4.62. The van der Waals surface area contributed by atoms with Crippen molar-refractivity contribution in [2.24, 2.45) is 5.92 Å². The number of carboxylic acid groups (broad SMARTS) is 1. The van der Waals surface area contributed by atoms with Crippen LogP contribution >= 0.6 is 0 Å². The van der Waals surface area contributed by atoms with E-state index in [1.54, 1.807) is 0 Å². The first kappa shape index (κ1) is 25.8. The normalized spacial score (nSPS) is 32.2. The molecule has 0 radical (unpaired) electrons. The number of aliphatic carboxylic acids is 1. The number of aliphatic hydroxyl groups excluding tert-OH is 4. The molecule has 13 nitrogen and oxygen atoms in total. The van der Waals surface area contributed by atoms with Crippen molar-refractivity contribution in [3.63, 3.8) is 0 Å². The molecule has 0 saturated carbocycles. The molecule has 13 heteroatoms. The Kier molecular flexibility index (Phi) is 7.13. The molecule has 0 bridgehead atoms. The number of rotatable bonds is 6. The number of ether oxygens (including phenoxy) is 3. The highest BCUT2D eigenvalue weighted by Gasteiger charge is 2.53. The number of hydrogen-bond donors (Lipinski definition) is 7. The van der Waals surface area contributed by atoms with Crippen molar-refractivity contribution in [3.05, 3.63) is 46.6 Å². The number of aromatic hydroxyl groups is 2. The smallest absolute Gasteiger partial charge is 0.338 e. The largest absolute Gasteiger partial charge is 0.504 e. The van der Waals surface area contributed by atoms with E-state index in [4.69, 9.17) is 14.2 Å². The quantitative estimate of drug-likeness (QED) is 0.163. The molecule has 1 aliphatic carbocycles. The van der Waals surface area contributed by atoms with Crippen molar-refractivity contribution in [2.45, 2.75) is 36.6 Å². The predicted molar refractivity (Wildman–Crippen MR) is 115 cm³/mol. The summed E-state index contributed by atoms with van der Waals surface area (Å²) in [6, 6.07) is 3.24. The molecule has 2 unspecified atom stereocenters. The standard InChI is InChI=1S/C23H24O13/c24-5-14-17(28)18(29)19(30)21(36-14)20-15-9(4-13(27)16(15)10(7-34-20)22(31)32)6-35-23(33)8-1-2-11(25)12(26)3-8/h1-4,14-15,17-21,24-26,28-30H,5-7H2,(H,31,32)/t14-,15?,17-,18+,19-,20?,21-/m1/s1. The van der Waals surface area contributed by atoms with Crippen LogP contribution in [0.4, 0.5) is 0 Å². The average molecular weight is 508 g/mol. The van der Waals surface area contributed by atoms with Gasteiger partial charge in [0.05, 0.1) is 30.5 Å². The molecule has 7 N–H and O–H groups in total. The van der Waals surface area contributed by atoms with E-state index in [2.05, 4.69) is 0 Å². The molecule has 194 valence electrons. The molecular formula is C23H24O13. The number of carbonyl (C=O) groups is 3. The number of carbonyl (C=O) groups excluding carboxylic acids is 2. The summed E-state index contributed by atoms with van der Waals surface area (Å²) in [4.78, 5) is 37.0. The number of benzene rings is 1. The van der Waals surface area contributed by atoms with Crippen molar-refractivity contribution < 1.29 is 64.3 Å². The van der Waals surface area contributed by atoms with Crippen molar-refractivity contribution in [2.75, 3.05) is 19.8 Å². The molecule has 0 amide bonds. The summed E-state index contributed by atoms with van der Waals surface area (Å²) >= 11 is 0. The zero-order valence-corrected chi connectivity index (χ0v) is 18.6. The first-order valence-corrected chi connectivity index (χ1v) is 10.9. The van der Waals surface area contributed by atoms with Crippen LogP contribution in [0.3, 0.4) is 0 Å². The van der Waals surface area contributed by atoms with Gasteiger partial charge < -0.3 is 50.0 Å². The Morgan fingerprint density at radius 3 is 2.39 bits per heavy atom. The Morgan fingerprint density at radius 1 is 1.03 bits per heavy atom. The Balaban J connectivity index is 1.63. The molecule has 3 aliphatic rings. The van der Waals surface area contributed by atoms with Crippen LogP contribution in [-0.4, -0.2) is 110 Å². The number of phenolic OH excluding ortho intramolecular Hbond substituents is 2. The minimum absolute atomic E-state index is 0.109. The van der Waals surface area contributed by atoms with Crippen molar-refractivity contribution in [1.29, 1.82) is 0 Å². The van der Waals surface area contributed by atoms with E-state index < -0.39 is 91.6 Å². The van der Waals surface area contributed by atoms with E-state index in [0.29, 0.717) is 0 Å². The summed E-state index contributed by atoms with van der Waals surface area (Å²) in [6.45, 7) is -1.74. The highest BCUT2D eigenvalue weighted by molar-refractivity contribution is 6.13. The predicted octanol–water partition coefficient (Wildman–Crippen LogP) is -2.00. The van der Waals surface area contributed by atoms with E-state index in [-0.39, 0.29) is 22.3 Å². The van der Waals surface area contributed by atoms with Gasteiger partial charge >= 0.3 is 11.9 Å². The van der Waals surface area contributed by atoms with Gasteiger partial charge in [-0.3, -0.25) is 4.79 Å². The zero-order chi connectivity index (χ0) is 26.3. The van der Waals surface area contributed by atoms with E-state index in [9.17, 15) is 50.1 Å². The van der Waals surface area contributed by atoms with E-state index in [0.717, 1.165) is 18.2 Å². The first-order chi connectivity index (χ1) is 17.0. The molecule has 36 heavy (non-hydrogen) atoms. The number of phenols is 2. The van der Waals surface area contributed by atoms with Crippen LogP contribution in [0, 0.1) is 5.92 Å². The molecule has 4 rings (SSSR count). The van der Waals surface area contributed by atoms with Gasteiger partial charge in [0.1, 0.15) is 37.1 Å². The summed E-state index contributed by atoms with van der Waals surface area (Å²) in [6.07, 6.45) is -7.93. The summed E-state index contributed by atoms with van der Waals surface area (Å²) < 4.78 is 16.5. The maximum atomic E-state index is 12.8. The second-order valence-corrected chi connectivity index (χ2v) is 8.61. The van der Waals surface area contributed by atoms with Crippen molar-refractivity contribution in [3.8, 4) is 11.5 Å². The number of aliphatic hydroxyl groups is 4. The summed E-state index contributed by atoms with van der Waals surface area (Å²) in [5.41, 5.74) is -0.495. The monoisotopic (exact) mass is 508 g/mol. The van der Waals surface area contributed by atoms with Crippen molar-refractivity contribution in [1.82, 2.24) is 0 Å². The fourth-order valence-electron chi connectivity index (χ4n) is 4.62. The number of esters is 1. The molecule has 1 aromatic carbocycles. The van der Waals surface area contributed by atoms with Crippen LogP contribution in [0.25, 0.3) is 0 Å². The SMILES string of the molecule is O=C(O)C1=C2C(=O)C=C(COC(=O)c3ccc(O)c(O)c3)C2C([C@@H]2O[C@H](CO)[C@@H](O)[C@H](O)[C@H]2O)OC1. The first-order valence-electron chi connectivity index (χ1n) is 10.9. The molecule has 2 aliphatic heterocycles. The molecule has 7 atom stereocenters. The molecule has 1 fully saturated rings. The third kappa shape index (κ3) is 4.48. The van der Waals surface area contributed by atoms with Gasteiger partial charge in [-0.15, -0.1) is 0 Å². The molecule has 1 aromatic rings. The number of fused-ring (bicyclic) bond motifs is 1. The lowest BCUT2D eigenvalue weighted by molar-refractivity contribution is -0.257. The zero-order valence-electron chi connectivity index (χ0n) is 18.6. The molecule has 0 spiro atoms. The van der Waals surface area contributed by atoms with Crippen LogP contribution in [0.1, 0.15) is 10.4 Å². The van der Waals surface area contributed by atoms with E-state index in [1.807, 2.05) is 0 Å². The van der Waals surface area contributed by atoms with Gasteiger partial charge in [-0.2, -0.15) is 0 Å². The maximum Gasteiger partial charge on any atom is 0.338 e. The Hall–Kier alpha value is -3.33. The second-order valence-electron chi connectivity index (χ2n) is 8.61.